The summed E-state index contributed by atoms with van der Waals surface area (Å²) in [5.74, 6) is 0.281. The molecule has 3 aliphatic heterocycles. The minimum atomic E-state index is -0.866. The summed E-state index contributed by atoms with van der Waals surface area (Å²) in [6.45, 7) is 8.79. The Hall–Kier alpha value is -6.71. The van der Waals surface area contributed by atoms with Crippen LogP contribution in [0.5, 0.6) is 0 Å². The van der Waals surface area contributed by atoms with Gasteiger partial charge in [0.15, 0.2) is 0 Å². The molecule has 16 nitrogen and oxygen atoms in total. The highest BCUT2D eigenvalue weighted by Gasteiger charge is 2.44. The molecule has 326 valence electrons. The number of benzene rings is 3. The number of carbonyl (C=O) groups excluding carboxylic acids is 5. The molecule has 1 aromatic heterocycles. The molecule has 5 amide bonds. The number of aliphatic imine (C=N–C) groups is 1. The van der Waals surface area contributed by atoms with Gasteiger partial charge in [-0.2, -0.15) is 0 Å². The van der Waals surface area contributed by atoms with Gasteiger partial charge >= 0.3 is 12.2 Å². The van der Waals surface area contributed by atoms with E-state index in [4.69, 9.17) is 14.5 Å². The van der Waals surface area contributed by atoms with Gasteiger partial charge in [-0.25, -0.2) is 14.6 Å². The summed E-state index contributed by atoms with van der Waals surface area (Å²) in [5.41, 5.74) is 5.40. The molecule has 0 saturated carbocycles. The van der Waals surface area contributed by atoms with Crippen LogP contribution in [-0.4, -0.2) is 119 Å². The van der Waals surface area contributed by atoms with Crippen molar-refractivity contribution < 1.29 is 33.4 Å². The molecule has 4 aromatic rings. The Labute approximate surface area is 361 Å². The predicted octanol–water partition coefficient (Wildman–Crippen LogP) is 5.52. The van der Waals surface area contributed by atoms with Gasteiger partial charge in [-0.15, -0.1) is 0 Å². The zero-order valence-corrected chi connectivity index (χ0v) is 36.0. The summed E-state index contributed by atoms with van der Waals surface area (Å²) >= 11 is 0. The Balaban J connectivity index is 1.01. The number of methoxy groups -OCH3 is 2. The van der Waals surface area contributed by atoms with Crippen molar-refractivity contribution >= 4 is 35.7 Å². The van der Waals surface area contributed by atoms with Crippen molar-refractivity contribution in [3.05, 3.63) is 102 Å². The molecule has 0 spiro atoms. The first-order chi connectivity index (χ1) is 29.9. The van der Waals surface area contributed by atoms with Crippen molar-refractivity contribution in [3.63, 3.8) is 0 Å². The van der Waals surface area contributed by atoms with Gasteiger partial charge in [0.05, 0.1) is 58.0 Å². The van der Waals surface area contributed by atoms with Gasteiger partial charge in [-0.1, -0.05) is 94.4 Å². The number of rotatable bonds is 12. The first-order valence-electron chi connectivity index (χ1n) is 21.1. The minimum absolute atomic E-state index is 0.0420. The van der Waals surface area contributed by atoms with Gasteiger partial charge in [0.25, 0.3) is 5.91 Å². The smallest absolute Gasteiger partial charge is 0.407 e. The molecule has 3 aromatic carbocycles. The van der Waals surface area contributed by atoms with Gasteiger partial charge in [-0.05, 0) is 59.1 Å². The molecular formula is C46H55N9O7. The Morgan fingerprint density at radius 3 is 1.92 bits per heavy atom. The average molecular weight is 846 g/mol. The van der Waals surface area contributed by atoms with Gasteiger partial charge in [-0.3, -0.25) is 19.4 Å². The summed E-state index contributed by atoms with van der Waals surface area (Å²) in [6, 6.07) is 22.9. The number of hydrogen-bond donors (Lipinski definition) is 4. The van der Waals surface area contributed by atoms with E-state index in [1.807, 2.05) is 45.9 Å². The molecule has 0 bridgehead atoms. The molecule has 16 heteroatoms. The highest BCUT2D eigenvalue weighted by atomic mass is 16.5. The lowest BCUT2D eigenvalue weighted by molar-refractivity contribution is -0.136. The van der Waals surface area contributed by atoms with Crippen molar-refractivity contribution in [2.75, 3.05) is 40.5 Å². The summed E-state index contributed by atoms with van der Waals surface area (Å²) in [5, 5.41) is 8.91. The molecular weight excluding hydrogens is 791 g/mol. The number of nitrogens with one attached hydrogen (secondary N) is 4. The number of carbonyl (C=O) groups is 5. The van der Waals surface area contributed by atoms with Crippen molar-refractivity contribution in [1.82, 2.24) is 40.6 Å². The number of likely N-dealkylation sites (tertiary alicyclic amines) is 1. The molecule has 2 saturated heterocycles. The fraction of sp³-hybridized carbons (Fsp3) is 0.413. The number of aromatic nitrogens is 2. The molecule has 0 radical (unpaired) electrons. The van der Waals surface area contributed by atoms with E-state index in [-0.39, 0.29) is 54.9 Å². The van der Waals surface area contributed by atoms with Gasteiger partial charge in [0.2, 0.25) is 11.8 Å². The Kier molecular flexibility index (Phi) is 13.2. The summed E-state index contributed by atoms with van der Waals surface area (Å²) in [7, 11) is 2.54. The monoisotopic (exact) mass is 845 g/mol. The molecule has 2 fully saturated rings. The van der Waals surface area contributed by atoms with E-state index in [9.17, 15) is 24.0 Å². The number of ether oxygens (including phenoxy) is 2. The lowest BCUT2D eigenvalue weighted by Crippen LogP contribution is -2.55. The topological polar surface area (TPSA) is 191 Å². The van der Waals surface area contributed by atoms with E-state index in [1.165, 1.54) is 14.2 Å². The highest BCUT2D eigenvalue weighted by molar-refractivity contribution is 5.99. The zero-order chi connectivity index (χ0) is 44.1. The number of amidine groups is 1. The van der Waals surface area contributed by atoms with Crippen LogP contribution < -0.4 is 16.0 Å². The van der Waals surface area contributed by atoms with E-state index in [2.05, 4.69) is 62.3 Å². The van der Waals surface area contributed by atoms with Crippen LogP contribution in [0.15, 0.2) is 90.1 Å². The van der Waals surface area contributed by atoms with Crippen molar-refractivity contribution in [2.24, 2.45) is 16.8 Å². The molecule has 0 aliphatic carbocycles. The Bertz CT molecular complexity index is 2280. The zero-order valence-electron chi connectivity index (χ0n) is 36.0. The molecule has 5 atom stereocenters. The third kappa shape index (κ3) is 9.28. The third-order valence-corrected chi connectivity index (χ3v) is 11.8. The SMILES string of the molecule is COC(=O)NC(C(=O)N1CN(C(=O)c2ccccc2)CC1C1=NCC(c2ccc(-c3ccc(-c4cnc(C5CCCN5C(=O)C(NC(=O)OC)C(C)C)[nH]4)cc3)cc2)N1)C(C)C. The van der Waals surface area contributed by atoms with E-state index in [0.29, 0.717) is 30.3 Å². The second kappa shape index (κ2) is 18.9. The fourth-order valence-electron chi connectivity index (χ4n) is 8.34. The van der Waals surface area contributed by atoms with Gasteiger partial charge in [0, 0.05) is 12.1 Å². The van der Waals surface area contributed by atoms with E-state index >= 15 is 0 Å². The second-order valence-electron chi connectivity index (χ2n) is 16.6. The molecule has 5 unspecified atom stereocenters. The van der Waals surface area contributed by atoms with Crippen LogP contribution in [0.2, 0.25) is 0 Å². The first kappa shape index (κ1) is 43.4. The molecule has 62 heavy (non-hydrogen) atoms. The number of aromatic amines is 1. The van der Waals surface area contributed by atoms with Crippen LogP contribution in [0.4, 0.5) is 9.59 Å². The van der Waals surface area contributed by atoms with Crippen molar-refractivity contribution in [3.8, 4) is 22.4 Å². The Morgan fingerprint density at radius 1 is 0.742 bits per heavy atom. The first-order valence-corrected chi connectivity index (χ1v) is 21.1. The fourth-order valence-corrected chi connectivity index (χ4v) is 8.34. The maximum atomic E-state index is 14.1. The van der Waals surface area contributed by atoms with Crippen molar-refractivity contribution in [2.45, 2.75) is 70.7 Å². The van der Waals surface area contributed by atoms with Crippen LogP contribution >= 0.6 is 0 Å². The number of H-pyrrole nitrogens is 1. The normalized spacial score (nSPS) is 19.5. The largest absolute Gasteiger partial charge is 0.453 e. The predicted molar refractivity (Wildman–Crippen MR) is 233 cm³/mol. The summed E-state index contributed by atoms with van der Waals surface area (Å²) in [4.78, 5) is 83.5. The lowest BCUT2D eigenvalue weighted by atomic mass is 9.99. The van der Waals surface area contributed by atoms with E-state index < -0.39 is 30.3 Å². The number of alkyl carbamates (subject to hydrolysis) is 2. The van der Waals surface area contributed by atoms with E-state index in [1.54, 1.807) is 45.2 Å². The second-order valence-corrected chi connectivity index (χ2v) is 16.6. The van der Waals surface area contributed by atoms with Crippen LogP contribution in [-0.2, 0) is 19.1 Å². The molecule has 4 heterocycles. The average Bonchev–Trinajstić information content (AvgIpc) is 4.14. The molecule has 3 aliphatic rings. The summed E-state index contributed by atoms with van der Waals surface area (Å²) < 4.78 is 9.57. The maximum absolute atomic E-state index is 14.1. The highest BCUT2D eigenvalue weighted by Crippen LogP contribution is 2.34. The molecule has 7 rings (SSSR count). The van der Waals surface area contributed by atoms with Crippen LogP contribution in [0.3, 0.4) is 0 Å². The lowest BCUT2D eigenvalue weighted by Gasteiger charge is -2.30. The third-order valence-electron chi connectivity index (χ3n) is 11.8. The van der Waals surface area contributed by atoms with Crippen LogP contribution in [0.1, 0.15) is 74.4 Å². The van der Waals surface area contributed by atoms with Gasteiger partial charge in [0.1, 0.15) is 29.8 Å². The number of imidazole rings is 1. The van der Waals surface area contributed by atoms with Crippen LogP contribution in [0, 0.1) is 11.8 Å². The van der Waals surface area contributed by atoms with Crippen LogP contribution in [0.25, 0.3) is 22.4 Å². The standard InChI is InChI=1S/C46H55N9O7/c1-27(2)38(51-45(59)61-5)43(57)54-22-10-13-36(54)40-47-23-34(49-40)31-18-14-29(15-19-31)30-16-20-32(21-17-30)35-24-48-41(50-35)37-25-53(42(56)33-11-8-7-9-12-33)26-55(37)44(58)39(28(3)4)52-46(60)62-6/h7-9,11-12,14-21,23,27-28,35-39H,10,13,22,24-26H2,1-6H3,(H,47,49)(H,48,50)(H,51,59)(H,52,60). The van der Waals surface area contributed by atoms with E-state index in [0.717, 1.165) is 40.8 Å². The number of nitrogens with zero attached hydrogens (tertiary/aromatic N) is 5. The van der Waals surface area contributed by atoms with Crippen molar-refractivity contribution in [1.29, 1.82) is 0 Å². The van der Waals surface area contributed by atoms with Gasteiger partial charge < -0.3 is 45.1 Å². The maximum Gasteiger partial charge on any atom is 0.407 e. The Morgan fingerprint density at radius 2 is 1.32 bits per heavy atom. The molecule has 4 N–H and O–H groups in total. The number of amides is 5. The summed E-state index contributed by atoms with van der Waals surface area (Å²) in [6.07, 6.45) is 2.05. The quantitative estimate of drug-likeness (QED) is 0.142. The minimum Gasteiger partial charge on any atom is -0.453 e. The number of hydrogen-bond acceptors (Lipinski definition) is 10.